The predicted molar refractivity (Wildman–Crippen MR) is 48.3 cm³/mol. The molecule has 0 unspecified atom stereocenters. The van der Waals surface area contributed by atoms with Gasteiger partial charge >= 0.3 is 6.01 Å². The maximum absolute atomic E-state index is 4.99. The van der Waals surface area contributed by atoms with Crippen molar-refractivity contribution in [3.8, 4) is 6.01 Å². The molecule has 4 heteroatoms. The molecule has 0 bridgehead atoms. The van der Waals surface area contributed by atoms with Gasteiger partial charge in [0.25, 0.3) is 0 Å². The minimum absolute atomic E-state index is 0.510. The molecule has 0 aliphatic carbocycles. The van der Waals surface area contributed by atoms with Crippen molar-refractivity contribution in [2.75, 3.05) is 7.11 Å². The SMILES string of the molecule is C=N/C(=C\C)n1ccnc1OC. The molecule has 1 rings (SSSR count). The van der Waals surface area contributed by atoms with Gasteiger partial charge in [-0.2, -0.15) is 0 Å². The van der Waals surface area contributed by atoms with E-state index in [9.17, 15) is 0 Å². The smallest absolute Gasteiger partial charge is 0.301 e. The van der Waals surface area contributed by atoms with Gasteiger partial charge in [0, 0.05) is 12.4 Å². The molecule has 4 nitrogen and oxygen atoms in total. The van der Waals surface area contributed by atoms with E-state index in [1.54, 1.807) is 24.1 Å². The molecule has 0 fully saturated rings. The zero-order valence-electron chi connectivity index (χ0n) is 7.19. The van der Waals surface area contributed by atoms with Crippen molar-refractivity contribution in [1.29, 1.82) is 0 Å². The second kappa shape index (κ2) is 3.71. The molecule has 64 valence electrons. The van der Waals surface area contributed by atoms with E-state index in [4.69, 9.17) is 4.74 Å². The number of methoxy groups -OCH3 is 1. The second-order valence-electron chi connectivity index (χ2n) is 2.09. The quantitative estimate of drug-likeness (QED) is 0.635. The molecule has 0 aromatic carbocycles. The van der Waals surface area contributed by atoms with Crippen LogP contribution in [0.25, 0.3) is 5.82 Å². The Kier molecular flexibility index (Phi) is 2.63. The van der Waals surface area contributed by atoms with Gasteiger partial charge < -0.3 is 4.74 Å². The molecule has 12 heavy (non-hydrogen) atoms. The first-order valence-electron chi connectivity index (χ1n) is 3.54. The number of hydrogen-bond acceptors (Lipinski definition) is 3. The maximum Gasteiger partial charge on any atom is 0.301 e. The summed E-state index contributed by atoms with van der Waals surface area (Å²) in [6.07, 6.45) is 5.24. The van der Waals surface area contributed by atoms with Crippen LogP contribution < -0.4 is 4.74 Å². The van der Waals surface area contributed by atoms with Crippen molar-refractivity contribution in [3.05, 3.63) is 18.5 Å². The van der Waals surface area contributed by atoms with Gasteiger partial charge in [-0.05, 0) is 19.7 Å². The van der Waals surface area contributed by atoms with Gasteiger partial charge in [0.15, 0.2) is 0 Å². The zero-order chi connectivity index (χ0) is 8.97. The van der Waals surface area contributed by atoms with Gasteiger partial charge in [-0.15, -0.1) is 0 Å². The summed E-state index contributed by atoms with van der Waals surface area (Å²) in [5, 5.41) is 0. The molecule has 0 atom stereocenters. The average Bonchev–Trinajstić information content (AvgIpc) is 2.55. The van der Waals surface area contributed by atoms with Crippen LogP contribution in [0.5, 0.6) is 6.01 Å². The summed E-state index contributed by atoms with van der Waals surface area (Å²) in [7, 11) is 1.56. The highest BCUT2D eigenvalue weighted by molar-refractivity contribution is 5.52. The van der Waals surface area contributed by atoms with Crippen LogP contribution in [-0.2, 0) is 0 Å². The standard InChI is InChI=1S/C8H11N3O/c1-4-7(9-2)11-6-5-10-8(11)12-3/h4-6H,2H2,1,3H3/b7-4+. The van der Waals surface area contributed by atoms with E-state index in [1.165, 1.54) is 0 Å². The van der Waals surface area contributed by atoms with Crippen LogP contribution in [0.4, 0.5) is 0 Å². The van der Waals surface area contributed by atoms with Gasteiger partial charge in [0.2, 0.25) is 0 Å². The van der Waals surface area contributed by atoms with Crippen LogP contribution in [0.15, 0.2) is 23.5 Å². The van der Waals surface area contributed by atoms with Crippen LogP contribution in [0.3, 0.4) is 0 Å². The molecule has 0 saturated heterocycles. The van der Waals surface area contributed by atoms with Crippen LogP contribution >= 0.6 is 0 Å². The second-order valence-corrected chi connectivity index (χ2v) is 2.09. The molecule has 0 amide bonds. The zero-order valence-corrected chi connectivity index (χ0v) is 7.19. The van der Waals surface area contributed by atoms with Crippen LogP contribution in [0.1, 0.15) is 6.92 Å². The predicted octanol–water partition coefficient (Wildman–Crippen LogP) is 1.41. The topological polar surface area (TPSA) is 39.4 Å². The summed E-state index contributed by atoms with van der Waals surface area (Å²) >= 11 is 0. The van der Waals surface area contributed by atoms with E-state index in [-0.39, 0.29) is 0 Å². The van der Waals surface area contributed by atoms with Crippen molar-refractivity contribution in [1.82, 2.24) is 9.55 Å². The number of nitrogens with zero attached hydrogens (tertiary/aromatic N) is 3. The minimum Gasteiger partial charge on any atom is -0.468 e. The third-order valence-corrected chi connectivity index (χ3v) is 1.46. The molecule has 1 aromatic rings. The van der Waals surface area contributed by atoms with Crippen molar-refractivity contribution in [2.45, 2.75) is 6.92 Å². The number of imidazole rings is 1. The molecule has 0 radical (unpaired) electrons. The first kappa shape index (κ1) is 8.52. The third kappa shape index (κ3) is 1.37. The van der Waals surface area contributed by atoms with Gasteiger partial charge in [-0.1, -0.05) is 0 Å². The lowest BCUT2D eigenvalue weighted by molar-refractivity contribution is 0.374. The van der Waals surface area contributed by atoms with Gasteiger partial charge in [0.05, 0.1) is 7.11 Å². The van der Waals surface area contributed by atoms with Crippen molar-refractivity contribution >= 4 is 12.5 Å². The molecule has 0 spiro atoms. The number of ether oxygens (including phenoxy) is 1. The van der Waals surface area contributed by atoms with Crippen LogP contribution in [0.2, 0.25) is 0 Å². The third-order valence-electron chi connectivity index (χ3n) is 1.46. The van der Waals surface area contributed by atoms with E-state index in [0.717, 1.165) is 0 Å². The maximum atomic E-state index is 4.99. The summed E-state index contributed by atoms with van der Waals surface area (Å²) in [6.45, 7) is 5.32. The summed E-state index contributed by atoms with van der Waals surface area (Å²) in [4.78, 5) is 7.78. The van der Waals surface area contributed by atoms with Crippen LogP contribution in [0, 0.1) is 0 Å². The van der Waals surface area contributed by atoms with Gasteiger partial charge in [-0.3, -0.25) is 4.57 Å². The summed E-state index contributed by atoms with van der Waals surface area (Å²) in [5.41, 5.74) is 0. The number of aliphatic imine (C=N–C) groups is 1. The highest BCUT2D eigenvalue weighted by Gasteiger charge is 2.03. The monoisotopic (exact) mass is 165 g/mol. The minimum atomic E-state index is 0.510. The highest BCUT2D eigenvalue weighted by atomic mass is 16.5. The lowest BCUT2D eigenvalue weighted by Crippen LogP contribution is -1.97. The lowest BCUT2D eigenvalue weighted by Gasteiger charge is -2.04. The Bertz CT molecular complexity index is 301. The number of rotatable bonds is 3. The first-order chi connectivity index (χ1) is 5.83. The largest absolute Gasteiger partial charge is 0.468 e. The molecule has 1 heterocycles. The lowest BCUT2D eigenvalue weighted by atomic mass is 10.6. The molecule has 0 N–H and O–H groups in total. The summed E-state index contributed by atoms with van der Waals surface area (Å²) in [6, 6.07) is 0.510. The fourth-order valence-corrected chi connectivity index (χ4v) is 0.922. The fraction of sp³-hybridized carbons (Fsp3) is 0.250. The van der Waals surface area contributed by atoms with Crippen molar-refractivity contribution in [2.24, 2.45) is 4.99 Å². The molecule has 0 saturated carbocycles. The van der Waals surface area contributed by atoms with E-state index in [1.807, 2.05) is 13.0 Å². The number of aromatic nitrogens is 2. The molecule has 1 aromatic heterocycles. The van der Waals surface area contributed by atoms with Crippen molar-refractivity contribution in [3.63, 3.8) is 0 Å². The molecular weight excluding hydrogens is 154 g/mol. The van der Waals surface area contributed by atoms with E-state index in [0.29, 0.717) is 11.8 Å². The normalized spacial score (nSPS) is 11.3. The van der Waals surface area contributed by atoms with Crippen molar-refractivity contribution < 1.29 is 4.74 Å². The highest BCUT2D eigenvalue weighted by Crippen LogP contribution is 2.14. The number of hydrogen-bond donors (Lipinski definition) is 0. The molecular formula is C8H11N3O. The Morgan fingerprint density at radius 1 is 1.83 bits per heavy atom. The Hall–Kier alpha value is -1.58. The summed E-state index contributed by atoms with van der Waals surface area (Å²) < 4.78 is 6.71. The van der Waals surface area contributed by atoms with Gasteiger partial charge in [0.1, 0.15) is 5.82 Å². The van der Waals surface area contributed by atoms with E-state index in [2.05, 4.69) is 16.7 Å². The summed E-state index contributed by atoms with van der Waals surface area (Å²) in [5.74, 6) is 0.712. The van der Waals surface area contributed by atoms with E-state index < -0.39 is 0 Å². The fourth-order valence-electron chi connectivity index (χ4n) is 0.922. The van der Waals surface area contributed by atoms with Crippen LogP contribution in [-0.4, -0.2) is 23.4 Å². The first-order valence-corrected chi connectivity index (χ1v) is 3.54. The number of allylic oxidation sites excluding steroid dienone is 1. The Morgan fingerprint density at radius 2 is 2.58 bits per heavy atom. The molecule has 0 aliphatic rings. The van der Waals surface area contributed by atoms with E-state index >= 15 is 0 Å². The Morgan fingerprint density at radius 3 is 3.08 bits per heavy atom. The molecule has 0 aliphatic heterocycles. The average molecular weight is 165 g/mol. The Balaban J connectivity index is 3.08. The Labute approximate surface area is 71.2 Å². The van der Waals surface area contributed by atoms with Gasteiger partial charge in [-0.25, -0.2) is 9.98 Å².